The van der Waals surface area contributed by atoms with Crippen LogP contribution in [0.5, 0.6) is 0 Å². The quantitative estimate of drug-likeness (QED) is 0.488. The molecule has 0 aliphatic rings. The molecule has 0 aliphatic carbocycles. The molecule has 0 aromatic rings. The smallest absolute Gasteiger partial charge is 0.292 e. The highest BCUT2D eigenvalue weighted by atomic mass is 28.4. The van der Waals surface area contributed by atoms with Gasteiger partial charge in [-0.15, -0.1) is 0 Å². The molecule has 0 aromatic carbocycles. The van der Waals surface area contributed by atoms with Crippen LogP contribution < -0.4 is 0 Å². The molecule has 0 fully saturated rings. The van der Waals surface area contributed by atoms with Gasteiger partial charge in [0, 0.05) is 6.42 Å². The Hall–Kier alpha value is -0.573. The lowest BCUT2D eigenvalue weighted by Crippen LogP contribution is -2.42. The van der Waals surface area contributed by atoms with Crippen molar-refractivity contribution in [2.45, 2.75) is 78.9 Å². The van der Waals surface area contributed by atoms with Crippen molar-refractivity contribution in [1.82, 2.24) is 0 Å². The van der Waals surface area contributed by atoms with Gasteiger partial charge in [0.05, 0.1) is 0 Å². The summed E-state index contributed by atoms with van der Waals surface area (Å²) in [4.78, 5) is 12.0. The summed E-state index contributed by atoms with van der Waals surface area (Å²) in [7, 11) is -1.95. The lowest BCUT2D eigenvalue weighted by Gasteiger charge is -2.35. The van der Waals surface area contributed by atoms with Crippen molar-refractivity contribution in [3.63, 3.8) is 0 Å². The standard InChI is InChI=1S/C16H32O2Si/c1-13(2)10-9-11-14(3)12-15(17)18-19(7,8)16(4,5)6/h10,14H,9,11-12H2,1-8H3. The van der Waals surface area contributed by atoms with Gasteiger partial charge in [0.15, 0.2) is 0 Å². The lowest BCUT2D eigenvalue weighted by atomic mass is 10.0. The third-order valence-electron chi connectivity index (χ3n) is 3.90. The molecule has 2 nitrogen and oxygen atoms in total. The van der Waals surface area contributed by atoms with Crippen molar-refractivity contribution in [3.05, 3.63) is 11.6 Å². The Kier molecular flexibility index (Phi) is 7.05. The SMILES string of the molecule is CC(C)=CCCC(C)CC(=O)O[Si](C)(C)C(C)(C)C. The molecule has 0 aliphatic heterocycles. The first-order valence-electron chi connectivity index (χ1n) is 7.31. The van der Waals surface area contributed by atoms with Gasteiger partial charge < -0.3 is 4.43 Å². The zero-order chi connectivity index (χ0) is 15.3. The highest BCUT2D eigenvalue weighted by molar-refractivity contribution is 6.75. The zero-order valence-electron chi connectivity index (χ0n) is 14.1. The Balaban J connectivity index is 4.21. The van der Waals surface area contributed by atoms with E-state index in [2.05, 4.69) is 60.7 Å². The maximum Gasteiger partial charge on any atom is 0.292 e. The van der Waals surface area contributed by atoms with E-state index in [4.69, 9.17) is 4.43 Å². The number of carbonyl (C=O) groups excluding carboxylic acids is 1. The molecule has 0 radical (unpaired) electrons. The molecule has 1 unspecified atom stereocenters. The van der Waals surface area contributed by atoms with E-state index in [9.17, 15) is 4.79 Å². The Labute approximate surface area is 120 Å². The third-order valence-corrected chi connectivity index (χ3v) is 8.25. The first-order valence-corrected chi connectivity index (χ1v) is 10.2. The van der Waals surface area contributed by atoms with Gasteiger partial charge in [-0.1, -0.05) is 39.3 Å². The zero-order valence-corrected chi connectivity index (χ0v) is 15.1. The van der Waals surface area contributed by atoms with E-state index >= 15 is 0 Å². The topological polar surface area (TPSA) is 26.3 Å². The number of carbonyl (C=O) groups is 1. The van der Waals surface area contributed by atoms with Gasteiger partial charge in [-0.05, 0) is 50.7 Å². The minimum atomic E-state index is -1.95. The molecular weight excluding hydrogens is 252 g/mol. The van der Waals surface area contributed by atoms with Gasteiger partial charge in [-0.2, -0.15) is 0 Å². The summed E-state index contributed by atoms with van der Waals surface area (Å²) in [6.45, 7) is 17.1. The summed E-state index contributed by atoms with van der Waals surface area (Å²) in [5, 5.41) is 0.0912. The summed E-state index contributed by atoms with van der Waals surface area (Å²) >= 11 is 0. The minimum Gasteiger partial charge on any atom is -0.519 e. The number of hydrogen-bond acceptors (Lipinski definition) is 2. The second kappa shape index (κ2) is 7.27. The second-order valence-corrected chi connectivity index (χ2v) is 12.1. The van der Waals surface area contributed by atoms with Gasteiger partial charge in [-0.25, -0.2) is 0 Å². The molecule has 0 amide bonds. The molecule has 19 heavy (non-hydrogen) atoms. The van der Waals surface area contributed by atoms with Crippen molar-refractivity contribution in [2.75, 3.05) is 0 Å². The molecule has 112 valence electrons. The van der Waals surface area contributed by atoms with E-state index < -0.39 is 8.32 Å². The average Bonchev–Trinajstić information content (AvgIpc) is 2.13. The predicted octanol–water partition coefficient (Wildman–Crippen LogP) is 5.31. The van der Waals surface area contributed by atoms with Crippen molar-refractivity contribution in [3.8, 4) is 0 Å². The van der Waals surface area contributed by atoms with Crippen LogP contribution in [0.4, 0.5) is 0 Å². The van der Waals surface area contributed by atoms with E-state index in [1.807, 2.05) is 0 Å². The molecule has 1 atom stereocenters. The first-order chi connectivity index (χ1) is 8.45. The van der Waals surface area contributed by atoms with E-state index in [1.165, 1.54) is 5.57 Å². The van der Waals surface area contributed by atoms with E-state index in [1.54, 1.807) is 0 Å². The summed E-state index contributed by atoms with van der Waals surface area (Å²) in [6, 6.07) is 0. The molecule has 0 N–H and O–H groups in total. The van der Waals surface area contributed by atoms with Crippen LogP contribution in [-0.2, 0) is 9.22 Å². The van der Waals surface area contributed by atoms with Crippen LogP contribution in [0, 0.1) is 5.92 Å². The Morgan fingerprint density at radius 1 is 1.26 bits per heavy atom. The Bertz CT molecular complexity index is 320. The van der Waals surface area contributed by atoms with Crippen LogP contribution in [0.3, 0.4) is 0 Å². The normalized spacial score (nSPS) is 13.9. The van der Waals surface area contributed by atoms with Crippen LogP contribution in [-0.4, -0.2) is 14.3 Å². The number of hydrogen-bond donors (Lipinski definition) is 0. The largest absolute Gasteiger partial charge is 0.519 e. The van der Waals surface area contributed by atoms with Crippen LogP contribution in [0.25, 0.3) is 0 Å². The van der Waals surface area contributed by atoms with E-state index in [0.29, 0.717) is 12.3 Å². The van der Waals surface area contributed by atoms with Crippen molar-refractivity contribution in [2.24, 2.45) is 5.92 Å². The molecule has 0 bridgehead atoms. The predicted molar refractivity (Wildman–Crippen MR) is 85.7 cm³/mol. The van der Waals surface area contributed by atoms with Gasteiger partial charge in [0.2, 0.25) is 0 Å². The molecule has 0 saturated carbocycles. The summed E-state index contributed by atoms with van der Waals surface area (Å²) < 4.78 is 5.78. The maximum atomic E-state index is 12.0. The average molecular weight is 285 g/mol. The fraction of sp³-hybridized carbons (Fsp3) is 0.812. The molecule has 3 heteroatoms. The molecule has 0 aromatic heterocycles. The maximum absolute atomic E-state index is 12.0. The van der Waals surface area contributed by atoms with Crippen LogP contribution in [0.15, 0.2) is 11.6 Å². The molecule has 0 rings (SSSR count). The van der Waals surface area contributed by atoms with Crippen LogP contribution in [0.2, 0.25) is 18.1 Å². The van der Waals surface area contributed by atoms with Crippen LogP contribution >= 0.6 is 0 Å². The fourth-order valence-electron chi connectivity index (χ4n) is 1.52. The van der Waals surface area contributed by atoms with Crippen LogP contribution in [0.1, 0.15) is 60.8 Å². The number of rotatable bonds is 6. The number of allylic oxidation sites excluding steroid dienone is 2. The first kappa shape index (κ1) is 18.4. The Morgan fingerprint density at radius 2 is 1.79 bits per heavy atom. The third kappa shape index (κ3) is 7.56. The fourth-order valence-corrected chi connectivity index (χ4v) is 2.48. The van der Waals surface area contributed by atoms with Crippen molar-refractivity contribution in [1.29, 1.82) is 0 Å². The summed E-state index contributed by atoms with van der Waals surface area (Å²) in [5.74, 6) is 0.379. The second-order valence-electron chi connectivity index (χ2n) is 7.40. The molecule has 0 saturated heterocycles. The molecular formula is C16H32O2Si. The monoisotopic (exact) mass is 284 g/mol. The van der Waals surface area contributed by atoms with Gasteiger partial charge in [0.25, 0.3) is 14.3 Å². The summed E-state index contributed by atoms with van der Waals surface area (Å²) in [6.07, 6.45) is 4.88. The Morgan fingerprint density at radius 3 is 2.21 bits per heavy atom. The van der Waals surface area contributed by atoms with E-state index in [-0.39, 0.29) is 11.0 Å². The van der Waals surface area contributed by atoms with E-state index in [0.717, 1.165) is 12.8 Å². The van der Waals surface area contributed by atoms with Crippen molar-refractivity contribution >= 4 is 14.3 Å². The molecule has 0 spiro atoms. The highest BCUT2D eigenvalue weighted by Crippen LogP contribution is 2.37. The van der Waals surface area contributed by atoms with Crippen molar-refractivity contribution < 1.29 is 9.22 Å². The molecule has 0 heterocycles. The summed E-state index contributed by atoms with van der Waals surface area (Å²) in [5.41, 5.74) is 1.34. The lowest BCUT2D eigenvalue weighted by molar-refractivity contribution is -0.136. The van der Waals surface area contributed by atoms with Gasteiger partial charge in [0.1, 0.15) is 0 Å². The van der Waals surface area contributed by atoms with Gasteiger partial charge in [-0.3, -0.25) is 4.79 Å². The van der Waals surface area contributed by atoms with Gasteiger partial charge >= 0.3 is 0 Å². The minimum absolute atomic E-state index is 0.0173. The highest BCUT2D eigenvalue weighted by Gasteiger charge is 2.40.